The summed E-state index contributed by atoms with van der Waals surface area (Å²) in [5.74, 6) is 0.742. The minimum Gasteiger partial charge on any atom is -0.335 e. The molecule has 136 valence electrons. The zero-order chi connectivity index (χ0) is 18.3. The van der Waals surface area contributed by atoms with Crippen molar-refractivity contribution >= 4 is 38.8 Å². The van der Waals surface area contributed by atoms with Crippen molar-refractivity contribution in [3.05, 3.63) is 49.0 Å². The second-order valence-electron chi connectivity index (χ2n) is 6.74. The van der Waals surface area contributed by atoms with E-state index in [1.807, 2.05) is 24.8 Å². The maximum absolute atomic E-state index is 12.7. The van der Waals surface area contributed by atoms with Gasteiger partial charge in [0.1, 0.15) is 10.7 Å². The number of fused-ring (bicyclic) bond motifs is 1. The molecule has 0 radical (unpaired) electrons. The number of aromatic nitrogens is 2. The normalized spacial score (nSPS) is 17.3. The van der Waals surface area contributed by atoms with Gasteiger partial charge >= 0.3 is 0 Å². The summed E-state index contributed by atoms with van der Waals surface area (Å²) < 4.78 is 0. The molecular weight excluding hydrogens is 366 g/mol. The van der Waals surface area contributed by atoms with Crippen molar-refractivity contribution in [1.29, 1.82) is 0 Å². The highest BCUT2D eigenvalue weighted by Crippen LogP contribution is 2.35. The van der Waals surface area contributed by atoms with Crippen LogP contribution < -0.4 is 5.56 Å². The van der Waals surface area contributed by atoms with Gasteiger partial charge in [0, 0.05) is 29.1 Å². The molecule has 7 heteroatoms. The molecule has 1 amide bonds. The number of aromatic amines is 1. The van der Waals surface area contributed by atoms with E-state index in [0.29, 0.717) is 24.1 Å². The van der Waals surface area contributed by atoms with Gasteiger partial charge in [-0.05, 0) is 43.7 Å². The Kier molecular flexibility index (Phi) is 4.67. The van der Waals surface area contributed by atoms with Gasteiger partial charge in [-0.2, -0.15) is 0 Å². The molecular formula is C19H21N3O2S2. The van der Waals surface area contributed by atoms with Crippen molar-refractivity contribution in [2.24, 2.45) is 0 Å². The molecule has 3 aromatic heterocycles. The largest absolute Gasteiger partial charge is 0.335 e. The van der Waals surface area contributed by atoms with Crippen LogP contribution in [0.4, 0.5) is 0 Å². The first-order valence-corrected chi connectivity index (χ1v) is 10.6. The fourth-order valence-electron chi connectivity index (χ4n) is 3.63. The van der Waals surface area contributed by atoms with Gasteiger partial charge in [0.2, 0.25) is 5.91 Å². The Balaban J connectivity index is 1.49. The highest BCUT2D eigenvalue weighted by Gasteiger charge is 2.30. The second-order valence-corrected chi connectivity index (χ2v) is 8.92. The Hall–Kier alpha value is -1.99. The van der Waals surface area contributed by atoms with Crippen LogP contribution in [0.2, 0.25) is 0 Å². The van der Waals surface area contributed by atoms with Crippen LogP contribution in [0.15, 0.2) is 22.3 Å². The summed E-state index contributed by atoms with van der Waals surface area (Å²) in [6, 6.07) is 4.35. The summed E-state index contributed by atoms with van der Waals surface area (Å²) in [5, 5.41) is 2.74. The predicted molar refractivity (Wildman–Crippen MR) is 106 cm³/mol. The van der Waals surface area contributed by atoms with Gasteiger partial charge in [0.15, 0.2) is 0 Å². The minimum absolute atomic E-state index is 0.100. The number of H-pyrrole nitrogens is 1. The van der Waals surface area contributed by atoms with Crippen LogP contribution in [0, 0.1) is 13.8 Å². The number of hydrogen-bond acceptors (Lipinski definition) is 5. The first-order chi connectivity index (χ1) is 12.5. The van der Waals surface area contributed by atoms with Gasteiger partial charge in [0.25, 0.3) is 5.56 Å². The molecule has 3 aromatic rings. The lowest BCUT2D eigenvalue weighted by Crippen LogP contribution is -2.30. The number of rotatable bonds is 4. The molecule has 1 fully saturated rings. The lowest BCUT2D eigenvalue weighted by molar-refractivity contribution is -0.132. The highest BCUT2D eigenvalue weighted by molar-refractivity contribution is 7.18. The van der Waals surface area contributed by atoms with Crippen LogP contribution in [0.5, 0.6) is 0 Å². The van der Waals surface area contributed by atoms with E-state index < -0.39 is 0 Å². The summed E-state index contributed by atoms with van der Waals surface area (Å²) >= 11 is 3.25. The molecule has 1 aliphatic rings. The van der Waals surface area contributed by atoms with Gasteiger partial charge in [-0.3, -0.25) is 9.59 Å². The summed E-state index contributed by atoms with van der Waals surface area (Å²) in [7, 11) is 0. The van der Waals surface area contributed by atoms with Crippen molar-refractivity contribution in [2.45, 2.75) is 45.6 Å². The van der Waals surface area contributed by atoms with Crippen LogP contribution in [-0.4, -0.2) is 27.3 Å². The van der Waals surface area contributed by atoms with Crippen molar-refractivity contribution in [3.8, 4) is 0 Å². The molecule has 0 spiro atoms. The number of carbonyl (C=O) groups excluding carboxylic acids is 1. The lowest BCUT2D eigenvalue weighted by Gasteiger charge is -2.23. The van der Waals surface area contributed by atoms with Gasteiger partial charge in [-0.1, -0.05) is 6.07 Å². The Morgan fingerprint density at radius 1 is 1.42 bits per heavy atom. The summed E-state index contributed by atoms with van der Waals surface area (Å²) in [6.45, 7) is 4.77. The fourth-order valence-corrected chi connectivity index (χ4v) is 5.55. The first-order valence-electron chi connectivity index (χ1n) is 8.86. The molecule has 0 aromatic carbocycles. The number of nitrogens with one attached hydrogen (secondary N) is 1. The van der Waals surface area contributed by atoms with Gasteiger partial charge in [-0.25, -0.2) is 4.98 Å². The van der Waals surface area contributed by atoms with Crippen LogP contribution in [0.1, 0.15) is 46.4 Å². The Morgan fingerprint density at radius 3 is 3.04 bits per heavy atom. The molecule has 0 bridgehead atoms. The Bertz CT molecular complexity index is 1000. The molecule has 1 aliphatic heterocycles. The molecule has 1 unspecified atom stereocenters. The van der Waals surface area contributed by atoms with Crippen LogP contribution >= 0.6 is 22.7 Å². The van der Waals surface area contributed by atoms with Crippen LogP contribution in [0.3, 0.4) is 0 Å². The standard InChI is InChI=1S/C19H21N3O2S2/c1-11-12(2)26-19-17(11)18(24)20-15(21-19)7-8-16(23)22-9-3-5-13(22)14-6-4-10-25-14/h4,6,10,13H,3,5,7-9H2,1-2H3,(H,20,21,24). The fraction of sp³-hybridized carbons (Fsp3) is 0.421. The SMILES string of the molecule is Cc1sc2nc(CCC(=O)N3CCCC3c3cccs3)[nH]c(=O)c2c1C. The van der Waals surface area contributed by atoms with E-state index in [9.17, 15) is 9.59 Å². The monoisotopic (exact) mass is 387 g/mol. The topological polar surface area (TPSA) is 66.1 Å². The maximum atomic E-state index is 12.7. The van der Waals surface area contributed by atoms with E-state index in [-0.39, 0.29) is 17.5 Å². The number of nitrogens with zero attached hydrogens (tertiary/aromatic N) is 2. The van der Waals surface area contributed by atoms with E-state index in [1.54, 1.807) is 22.7 Å². The molecule has 5 nitrogen and oxygen atoms in total. The average Bonchev–Trinajstić information content (AvgIpc) is 3.33. The van der Waals surface area contributed by atoms with Crippen molar-refractivity contribution in [2.75, 3.05) is 6.54 Å². The highest BCUT2D eigenvalue weighted by atomic mass is 32.1. The molecule has 4 heterocycles. The van der Waals surface area contributed by atoms with Gasteiger partial charge in [-0.15, -0.1) is 22.7 Å². The first kappa shape index (κ1) is 17.4. The summed E-state index contributed by atoms with van der Waals surface area (Å²) in [4.78, 5) is 37.7. The predicted octanol–water partition coefficient (Wildman–Crippen LogP) is 3.96. The third kappa shape index (κ3) is 3.10. The van der Waals surface area contributed by atoms with Crippen molar-refractivity contribution in [1.82, 2.24) is 14.9 Å². The molecule has 1 atom stereocenters. The zero-order valence-corrected chi connectivity index (χ0v) is 16.5. The smallest absolute Gasteiger partial charge is 0.259 e. The summed E-state index contributed by atoms with van der Waals surface area (Å²) in [5.41, 5.74) is 0.897. The van der Waals surface area contributed by atoms with E-state index in [4.69, 9.17) is 0 Å². The maximum Gasteiger partial charge on any atom is 0.259 e. The zero-order valence-electron chi connectivity index (χ0n) is 14.9. The van der Waals surface area contributed by atoms with E-state index >= 15 is 0 Å². The second kappa shape index (κ2) is 6.96. The summed E-state index contributed by atoms with van der Waals surface area (Å²) in [6.07, 6.45) is 2.91. The minimum atomic E-state index is -0.100. The molecule has 1 N–H and O–H groups in total. The third-order valence-electron chi connectivity index (χ3n) is 5.11. The van der Waals surface area contributed by atoms with E-state index in [0.717, 1.165) is 34.7 Å². The Morgan fingerprint density at radius 2 is 2.27 bits per heavy atom. The number of amides is 1. The lowest BCUT2D eigenvalue weighted by atomic mass is 10.1. The van der Waals surface area contributed by atoms with E-state index in [2.05, 4.69) is 21.4 Å². The number of thiophene rings is 2. The van der Waals surface area contributed by atoms with Crippen molar-refractivity contribution < 1.29 is 4.79 Å². The molecule has 4 rings (SSSR count). The van der Waals surface area contributed by atoms with Crippen LogP contribution in [0.25, 0.3) is 10.2 Å². The number of likely N-dealkylation sites (tertiary alicyclic amines) is 1. The average molecular weight is 388 g/mol. The molecule has 0 saturated carbocycles. The number of aryl methyl sites for hydroxylation is 3. The Labute approximate surface area is 159 Å². The molecule has 1 saturated heterocycles. The molecule has 0 aliphatic carbocycles. The molecule has 26 heavy (non-hydrogen) atoms. The quantitative estimate of drug-likeness (QED) is 0.737. The van der Waals surface area contributed by atoms with Crippen LogP contribution in [-0.2, 0) is 11.2 Å². The number of hydrogen-bond donors (Lipinski definition) is 1. The van der Waals surface area contributed by atoms with Crippen molar-refractivity contribution in [3.63, 3.8) is 0 Å². The van der Waals surface area contributed by atoms with E-state index in [1.165, 1.54) is 4.88 Å². The number of carbonyl (C=O) groups is 1. The third-order valence-corrected chi connectivity index (χ3v) is 7.18. The van der Waals surface area contributed by atoms with Gasteiger partial charge in [0.05, 0.1) is 11.4 Å². The van der Waals surface area contributed by atoms with Gasteiger partial charge < -0.3 is 9.88 Å².